The molecule has 5 nitrogen and oxygen atoms in total. The molecule has 2 unspecified atom stereocenters. The smallest absolute Gasteiger partial charge is 0.348 e. The van der Waals surface area contributed by atoms with Crippen LogP contribution < -0.4 is 0 Å². The summed E-state index contributed by atoms with van der Waals surface area (Å²) in [6, 6.07) is 0. The van der Waals surface area contributed by atoms with E-state index in [0.29, 0.717) is 0 Å². The molecule has 0 radical (unpaired) electrons. The van der Waals surface area contributed by atoms with Gasteiger partial charge in [0.05, 0.1) is 0 Å². The summed E-state index contributed by atoms with van der Waals surface area (Å²) in [4.78, 5) is 20.5. The van der Waals surface area contributed by atoms with Gasteiger partial charge in [0.2, 0.25) is 0 Å². The van der Waals surface area contributed by atoms with E-state index in [4.69, 9.17) is 10.2 Å². The first-order valence-corrected chi connectivity index (χ1v) is 3.39. The minimum absolute atomic E-state index is 1.02. The number of esters is 1. The molecule has 0 aliphatic carbocycles. The van der Waals surface area contributed by atoms with Crippen LogP contribution >= 0.6 is 25.3 Å². The van der Waals surface area contributed by atoms with Gasteiger partial charge in [-0.05, 0) is 0 Å². The third-order valence-electron chi connectivity index (χ3n) is 0.650. The lowest BCUT2D eigenvalue weighted by atomic mass is 10.6. The molecule has 7 heteroatoms. The van der Waals surface area contributed by atoms with Crippen LogP contribution in [0.5, 0.6) is 0 Å². The van der Waals surface area contributed by atoms with E-state index in [1.54, 1.807) is 0 Å². The van der Waals surface area contributed by atoms with Crippen molar-refractivity contribution in [3.8, 4) is 0 Å². The minimum Gasteiger partial charge on any atom is -0.425 e. The lowest BCUT2D eigenvalue weighted by molar-refractivity contribution is -0.175. The molecule has 64 valence electrons. The van der Waals surface area contributed by atoms with Gasteiger partial charge < -0.3 is 14.9 Å². The molecule has 0 rings (SSSR count). The number of carbonyl (C=O) groups is 2. The number of hydrogen-bond donors (Lipinski definition) is 4. The van der Waals surface area contributed by atoms with Gasteiger partial charge in [0.15, 0.2) is 5.44 Å². The number of thiol groups is 2. The van der Waals surface area contributed by atoms with E-state index < -0.39 is 22.8 Å². The Kier molecular flexibility index (Phi) is 4.50. The van der Waals surface area contributed by atoms with Gasteiger partial charge in [-0.2, -0.15) is 0 Å². The molecule has 0 saturated heterocycles. The summed E-state index contributed by atoms with van der Waals surface area (Å²) < 4.78 is 3.94. The molecule has 11 heavy (non-hydrogen) atoms. The fourth-order valence-electron chi connectivity index (χ4n) is 0.221. The number of hydrogen-bond acceptors (Lipinski definition) is 6. The van der Waals surface area contributed by atoms with E-state index in [9.17, 15) is 9.59 Å². The summed E-state index contributed by atoms with van der Waals surface area (Å²) in [5, 5.41) is 15.9. The normalized spacial score (nSPS) is 15.3. The molecule has 0 fully saturated rings. The van der Waals surface area contributed by atoms with Gasteiger partial charge in [-0.3, -0.25) is 4.79 Å². The Balaban J connectivity index is 3.85. The van der Waals surface area contributed by atoms with Crippen molar-refractivity contribution >= 4 is 36.3 Å². The van der Waals surface area contributed by atoms with Crippen molar-refractivity contribution in [2.24, 2.45) is 0 Å². The molecule has 0 spiro atoms. The fraction of sp³-hybridized carbons (Fsp3) is 0.500. The Morgan fingerprint density at radius 1 is 1.36 bits per heavy atom. The summed E-state index contributed by atoms with van der Waals surface area (Å²) in [7, 11) is 0. The quantitative estimate of drug-likeness (QED) is 0.253. The van der Waals surface area contributed by atoms with Gasteiger partial charge in [-0.1, -0.05) is 12.6 Å². The van der Waals surface area contributed by atoms with Crippen molar-refractivity contribution in [2.75, 3.05) is 0 Å². The van der Waals surface area contributed by atoms with Crippen molar-refractivity contribution in [2.45, 2.75) is 11.7 Å². The summed E-state index contributed by atoms with van der Waals surface area (Å²) in [5.74, 6) is -1.21. The van der Waals surface area contributed by atoms with Crippen molar-refractivity contribution < 1.29 is 24.5 Å². The highest BCUT2D eigenvalue weighted by molar-refractivity contribution is 7.96. The highest BCUT2D eigenvalue weighted by Gasteiger charge is 2.19. The average molecular weight is 198 g/mol. The summed E-state index contributed by atoms with van der Waals surface area (Å²) >= 11 is 6.43. The molecule has 2 atom stereocenters. The Morgan fingerprint density at radius 3 is 2.09 bits per heavy atom. The first-order chi connectivity index (χ1) is 4.95. The van der Waals surface area contributed by atoms with Gasteiger partial charge in [-0.25, -0.2) is 4.79 Å². The van der Waals surface area contributed by atoms with Crippen molar-refractivity contribution in [1.29, 1.82) is 0 Å². The molecule has 0 bridgehead atoms. The third kappa shape index (κ3) is 4.25. The zero-order valence-electron chi connectivity index (χ0n) is 5.17. The highest BCUT2D eigenvalue weighted by Crippen LogP contribution is 1.98. The van der Waals surface area contributed by atoms with Gasteiger partial charge in [0, 0.05) is 0 Å². The number of ether oxygens (including phenoxy) is 1. The summed E-state index contributed by atoms with van der Waals surface area (Å²) in [6.45, 7) is 0. The maximum absolute atomic E-state index is 10.4. The second-order valence-electron chi connectivity index (χ2n) is 1.50. The highest BCUT2D eigenvalue weighted by atomic mass is 32.1. The zero-order valence-corrected chi connectivity index (χ0v) is 6.96. The topological polar surface area (TPSA) is 83.8 Å². The van der Waals surface area contributed by atoms with Gasteiger partial charge in [0.25, 0.3) is 11.4 Å². The van der Waals surface area contributed by atoms with Crippen LogP contribution in [0.2, 0.25) is 0 Å². The predicted molar refractivity (Wildman–Crippen MR) is 41.1 cm³/mol. The van der Waals surface area contributed by atoms with Crippen LogP contribution in [0.15, 0.2) is 0 Å². The Labute approximate surface area is 73.2 Å². The molecular weight excluding hydrogens is 192 g/mol. The number of rotatable bonds is 3. The van der Waals surface area contributed by atoms with Crippen molar-refractivity contribution in [3.63, 3.8) is 0 Å². The first-order valence-electron chi connectivity index (χ1n) is 2.42. The van der Waals surface area contributed by atoms with Crippen molar-refractivity contribution in [1.82, 2.24) is 0 Å². The SMILES string of the molecule is O=C(OC(O)C(=O)S)C(O)S. The van der Waals surface area contributed by atoms with Crippen LogP contribution in [-0.2, 0) is 14.3 Å². The second-order valence-corrected chi connectivity index (χ2v) is 2.43. The third-order valence-corrected chi connectivity index (χ3v) is 1.08. The van der Waals surface area contributed by atoms with E-state index in [2.05, 4.69) is 30.0 Å². The van der Waals surface area contributed by atoms with Crippen LogP contribution in [0.1, 0.15) is 0 Å². The Bertz CT molecular complexity index is 168. The molecule has 0 heterocycles. The molecule has 0 amide bonds. The fourth-order valence-corrected chi connectivity index (χ4v) is 0.335. The van der Waals surface area contributed by atoms with Gasteiger partial charge in [-0.15, -0.1) is 12.6 Å². The summed E-state index contributed by atoms with van der Waals surface area (Å²) in [6.07, 6.45) is -1.95. The molecule has 0 aromatic rings. The number of aliphatic hydroxyl groups is 2. The molecule has 0 aliphatic heterocycles. The Morgan fingerprint density at radius 2 is 1.82 bits per heavy atom. The van der Waals surface area contributed by atoms with E-state index >= 15 is 0 Å². The minimum atomic E-state index is -1.95. The van der Waals surface area contributed by atoms with E-state index in [-0.39, 0.29) is 0 Å². The molecule has 0 aromatic heterocycles. The van der Waals surface area contributed by atoms with Crippen molar-refractivity contribution in [3.05, 3.63) is 0 Å². The lowest BCUT2D eigenvalue weighted by Crippen LogP contribution is -2.28. The maximum atomic E-state index is 10.4. The molecule has 0 aromatic carbocycles. The van der Waals surface area contributed by atoms with E-state index in [0.717, 1.165) is 0 Å². The van der Waals surface area contributed by atoms with Crippen LogP contribution in [0, 0.1) is 0 Å². The predicted octanol–water partition coefficient (Wildman–Crippen LogP) is -1.45. The van der Waals surface area contributed by atoms with Crippen LogP contribution in [-0.4, -0.2) is 33.0 Å². The Hall–Kier alpha value is -0.240. The van der Waals surface area contributed by atoms with Crippen LogP contribution in [0.3, 0.4) is 0 Å². The molecule has 2 N–H and O–H groups in total. The summed E-state index contributed by atoms with van der Waals surface area (Å²) in [5.41, 5.74) is -1.67. The standard InChI is InChI=1S/C4H6O5S2/c5-1(3(7)10)9-2(6)4(8)11/h1,4-5,8,11H,(H,7,10). The van der Waals surface area contributed by atoms with Crippen LogP contribution in [0.25, 0.3) is 0 Å². The monoisotopic (exact) mass is 198 g/mol. The van der Waals surface area contributed by atoms with Gasteiger partial charge >= 0.3 is 5.97 Å². The van der Waals surface area contributed by atoms with Crippen LogP contribution in [0.4, 0.5) is 0 Å². The molecule has 0 aliphatic rings. The largest absolute Gasteiger partial charge is 0.425 e. The molecular formula is C4H6O5S2. The second kappa shape index (κ2) is 4.60. The average Bonchev–Trinajstić information content (AvgIpc) is 1.87. The zero-order chi connectivity index (χ0) is 9.02. The van der Waals surface area contributed by atoms with E-state index in [1.807, 2.05) is 0 Å². The van der Waals surface area contributed by atoms with E-state index in [1.165, 1.54) is 0 Å². The number of aliphatic hydroxyl groups excluding tert-OH is 2. The van der Waals surface area contributed by atoms with Gasteiger partial charge in [0.1, 0.15) is 0 Å². The maximum Gasteiger partial charge on any atom is 0.348 e. The lowest BCUT2D eigenvalue weighted by Gasteiger charge is -2.08. The first kappa shape index (κ1) is 10.8. The molecule has 0 saturated carbocycles. The number of carbonyl (C=O) groups excluding carboxylic acids is 2.